The number of ketones is 2. The highest BCUT2D eigenvalue weighted by atomic mass is 16.5. The van der Waals surface area contributed by atoms with Gasteiger partial charge in [0.2, 0.25) is 0 Å². The van der Waals surface area contributed by atoms with E-state index in [0.717, 1.165) is 12.0 Å². The first-order valence-corrected chi connectivity index (χ1v) is 11.5. The first kappa shape index (κ1) is 22.8. The average Bonchev–Trinajstić information content (AvgIpc) is 3.19. The van der Waals surface area contributed by atoms with Gasteiger partial charge in [-0.25, -0.2) is 0 Å². The van der Waals surface area contributed by atoms with E-state index in [4.69, 9.17) is 4.74 Å². The molecule has 31 heavy (non-hydrogen) atoms. The highest BCUT2D eigenvalue weighted by Crippen LogP contribution is 2.62. The second-order valence-corrected chi connectivity index (χ2v) is 11.0. The SMILES string of the molecule is CC(C)=C[C@H]1O[C@@](C)(C[C@@H]2C(=O)C(C)=C[C@H]2O)[C@@H]2C(=O)[C@@]3(O)[C@@H](C)CC[C@H]3[C@H](C)[C@@]21O. The normalized spacial score (nSPS) is 51.5. The van der Waals surface area contributed by atoms with Gasteiger partial charge in [-0.3, -0.25) is 9.59 Å². The van der Waals surface area contributed by atoms with E-state index in [1.165, 1.54) is 0 Å². The van der Waals surface area contributed by atoms with E-state index in [1.807, 2.05) is 33.8 Å². The highest BCUT2D eigenvalue weighted by Gasteiger charge is 2.75. The second-order valence-electron chi connectivity index (χ2n) is 11.0. The molecule has 1 saturated heterocycles. The van der Waals surface area contributed by atoms with E-state index in [0.29, 0.717) is 12.0 Å². The number of allylic oxidation sites excluding steroid dienone is 2. The van der Waals surface area contributed by atoms with Crippen molar-refractivity contribution in [2.75, 3.05) is 0 Å². The van der Waals surface area contributed by atoms with Crippen LogP contribution in [0.25, 0.3) is 0 Å². The average molecular weight is 433 g/mol. The van der Waals surface area contributed by atoms with Crippen molar-refractivity contribution in [3.05, 3.63) is 23.3 Å². The quantitative estimate of drug-likeness (QED) is 0.592. The third-order valence-electron chi connectivity index (χ3n) is 8.81. The Kier molecular flexibility index (Phi) is 5.21. The first-order chi connectivity index (χ1) is 14.3. The molecule has 0 radical (unpaired) electrons. The summed E-state index contributed by atoms with van der Waals surface area (Å²) in [5.41, 5.74) is -2.73. The summed E-state index contributed by atoms with van der Waals surface area (Å²) in [6.07, 6.45) is 3.24. The Labute approximate surface area is 184 Å². The van der Waals surface area contributed by atoms with Gasteiger partial charge in [-0.05, 0) is 70.4 Å². The molecule has 0 aromatic rings. The van der Waals surface area contributed by atoms with E-state index in [-0.39, 0.29) is 35.7 Å². The van der Waals surface area contributed by atoms with Crippen molar-refractivity contribution in [1.82, 2.24) is 0 Å². The minimum absolute atomic E-state index is 0.106. The van der Waals surface area contributed by atoms with Crippen LogP contribution in [-0.2, 0) is 14.3 Å². The van der Waals surface area contributed by atoms with Crippen molar-refractivity contribution in [3.8, 4) is 0 Å². The molecule has 10 atom stereocenters. The van der Waals surface area contributed by atoms with Crippen molar-refractivity contribution >= 4 is 11.6 Å². The van der Waals surface area contributed by atoms with Gasteiger partial charge in [-0.1, -0.05) is 25.5 Å². The first-order valence-electron chi connectivity index (χ1n) is 11.5. The standard InChI is InChI=1S/C25H36O6/c1-12(2)9-19-25(30)15(5)17-8-7-14(4)24(17,29)22(28)21(25)23(6,31-19)11-16-18(26)10-13(3)20(16)27/h9-10,14-19,21,26,29-30H,7-8,11H2,1-6H3/t14-,15-,16-,17-,18+,19+,21-,23-,24+,25-/m0/s1. The van der Waals surface area contributed by atoms with Gasteiger partial charge in [0.1, 0.15) is 17.3 Å². The van der Waals surface area contributed by atoms with Gasteiger partial charge in [-0.2, -0.15) is 0 Å². The Morgan fingerprint density at radius 3 is 2.42 bits per heavy atom. The van der Waals surface area contributed by atoms with Gasteiger partial charge >= 0.3 is 0 Å². The summed E-state index contributed by atoms with van der Waals surface area (Å²) in [5.74, 6) is -3.15. The lowest BCUT2D eigenvalue weighted by molar-refractivity contribution is -0.193. The summed E-state index contributed by atoms with van der Waals surface area (Å²) < 4.78 is 6.45. The molecule has 0 unspecified atom stereocenters. The van der Waals surface area contributed by atoms with Gasteiger partial charge in [0.15, 0.2) is 11.6 Å². The third kappa shape index (κ3) is 2.91. The molecule has 1 heterocycles. The van der Waals surface area contributed by atoms with Gasteiger partial charge in [-0.15, -0.1) is 0 Å². The Bertz CT molecular complexity index is 871. The predicted octanol–water partition coefficient (Wildman–Crippen LogP) is 2.35. The number of hydrogen-bond acceptors (Lipinski definition) is 6. The van der Waals surface area contributed by atoms with E-state index < -0.39 is 40.8 Å². The summed E-state index contributed by atoms with van der Waals surface area (Å²) in [6.45, 7) is 11.1. The molecule has 0 bridgehead atoms. The number of aliphatic hydroxyl groups is 3. The number of aliphatic hydroxyl groups excluding tert-OH is 1. The van der Waals surface area contributed by atoms with Gasteiger partial charge in [0.25, 0.3) is 0 Å². The van der Waals surface area contributed by atoms with Crippen LogP contribution in [0.2, 0.25) is 0 Å². The lowest BCUT2D eigenvalue weighted by Gasteiger charge is -2.53. The monoisotopic (exact) mass is 432 g/mol. The number of carbonyl (C=O) groups excluding carboxylic acids is 2. The molecule has 4 rings (SSSR count). The largest absolute Gasteiger partial charge is 0.388 e. The fraction of sp³-hybridized carbons (Fsp3) is 0.760. The number of fused-ring (bicyclic) bond motifs is 2. The van der Waals surface area contributed by atoms with Gasteiger partial charge < -0.3 is 20.1 Å². The summed E-state index contributed by atoms with van der Waals surface area (Å²) in [4.78, 5) is 26.6. The third-order valence-corrected chi connectivity index (χ3v) is 8.81. The van der Waals surface area contributed by atoms with Crippen LogP contribution in [0, 0.1) is 29.6 Å². The molecular weight excluding hydrogens is 396 g/mol. The predicted molar refractivity (Wildman–Crippen MR) is 115 cm³/mol. The molecule has 6 heteroatoms. The lowest BCUT2D eigenvalue weighted by Crippen LogP contribution is -2.69. The number of ether oxygens (including phenoxy) is 1. The Hall–Kier alpha value is -1.34. The summed E-state index contributed by atoms with van der Waals surface area (Å²) in [6, 6.07) is 0. The molecule has 4 aliphatic rings. The van der Waals surface area contributed by atoms with Crippen LogP contribution in [0.4, 0.5) is 0 Å². The van der Waals surface area contributed by atoms with Crippen molar-refractivity contribution in [2.24, 2.45) is 29.6 Å². The Morgan fingerprint density at radius 2 is 1.87 bits per heavy atom. The van der Waals surface area contributed by atoms with Crippen LogP contribution in [-0.4, -0.2) is 55.9 Å². The van der Waals surface area contributed by atoms with Crippen molar-refractivity contribution < 1.29 is 29.6 Å². The number of carbonyl (C=O) groups is 2. The zero-order valence-electron chi connectivity index (χ0n) is 19.4. The second kappa shape index (κ2) is 7.08. The van der Waals surface area contributed by atoms with E-state index in [1.54, 1.807) is 19.9 Å². The minimum Gasteiger partial charge on any atom is -0.388 e. The van der Waals surface area contributed by atoms with Crippen LogP contribution in [0.3, 0.4) is 0 Å². The smallest absolute Gasteiger partial charge is 0.173 e. The van der Waals surface area contributed by atoms with Crippen LogP contribution < -0.4 is 0 Å². The number of rotatable bonds is 3. The summed E-state index contributed by atoms with van der Waals surface area (Å²) >= 11 is 0. The molecule has 0 spiro atoms. The lowest BCUT2D eigenvalue weighted by atomic mass is 9.53. The molecule has 6 nitrogen and oxygen atoms in total. The Morgan fingerprint density at radius 1 is 1.23 bits per heavy atom. The molecule has 2 saturated carbocycles. The summed E-state index contributed by atoms with van der Waals surface area (Å²) in [7, 11) is 0. The molecule has 3 fully saturated rings. The maximum Gasteiger partial charge on any atom is 0.173 e. The maximum atomic E-state index is 13.9. The number of Topliss-reactive ketones (excluding diaryl/α,β-unsaturated/α-hetero) is 2. The van der Waals surface area contributed by atoms with Crippen LogP contribution >= 0.6 is 0 Å². The molecule has 3 N–H and O–H groups in total. The van der Waals surface area contributed by atoms with E-state index in [9.17, 15) is 24.9 Å². The molecular formula is C25H36O6. The number of hydrogen-bond donors (Lipinski definition) is 3. The Balaban J connectivity index is 1.82. The highest BCUT2D eigenvalue weighted by molar-refractivity contribution is 6.00. The zero-order chi connectivity index (χ0) is 23.1. The molecule has 0 aromatic carbocycles. The van der Waals surface area contributed by atoms with Crippen LogP contribution in [0.5, 0.6) is 0 Å². The van der Waals surface area contributed by atoms with Gasteiger partial charge in [0.05, 0.1) is 23.5 Å². The van der Waals surface area contributed by atoms with Crippen molar-refractivity contribution in [1.29, 1.82) is 0 Å². The molecule has 0 amide bonds. The van der Waals surface area contributed by atoms with Gasteiger partial charge in [0, 0.05) is 5.92 Å². The van der Waals surface area contributed by atoms with Crippen molar-refractivity contribution in [2.45, 2.75) is 89.8 Å². The van der Waals surface area contributed by atoms with Crippen LogP contribution in [0.15, 0.2) is 23.3 Å². The molecule has 172 valence electrons. The van der Waals surface area contributed by atoms with E-state index in [2.05, 4.69) is 0 Å². The minimum atomic E-state index is -1.51. The maximum absolute atomic E-state index is 13.9. The molecule has 1 aliphatic heterocycles. The topological polar surface area (TPSA) is 104 Å². The van der Waals surface area contributed by atoms with Crippen LogP contribution in [0.1, 0.15) is 60.8 Å². The summed E-state index contributed by atoms with van der Waals surface area (Å²) in [5, 5.41) is 34.2. The zero-order valence-corrected chi connectivity index (χ0v) is 19.4. The van der Waals surface area contributed by atoms with Crippen molar-refractivity contribution in [3.63, 3.8) is 0 Å². The fourth-order valence-corrected chi connectivity index (χ4v) is 7.15. The van der Waals surface area contributed by atoms with E-state index >= 15 is 0 Å². The molecule has 0 aromatic heterocycles. The fourth-order valence-electron chi connectivity index (χ4n) is 7.15. The molecule has 3 aliphatic carbocycles.